The average molecular weight is 432 g/mol. The van der Waals surface area contributed by atoms with Gasteiger partial charge in [0.1, 0.15) is 5.82 Å². The van der Waals surface area contributed by atoms with E-state index in [1.54, 1.807) is 4.68 Å². The van der Waals surface area contributed by atoms with E-state index in [-0.39, 0.29) is 17.6 Å². The highest BCUT2D eigenvalue weighted by molar-refractivity contribution is 5.90. The zero-order valence-corrected chi connectivity index (χ0v) is 18.5. The molecule has 7 nitrogen and oxygen atoms in total. The molecule has 166 valence electrons. The SMILES string of the molecule is Cc1cccc(-n2nc(C(=O)NCCCN3CCCC3=O)nc2CCc2ccccc2)c1. The lowest BCUT2D eigenvalue weighted by atomic mass is 10.1. The van der Waals surface area contributed by atoms with Crippen molar-refractivity contribution in [1.82, 2.24) is 25.0 Å². The molecule has 1 aromatic heterocycles. The fourth-order valence-electron chi connectivity index (χ4n) is 3.96. The predicted molar refractivity (Wildman–Crippen MR) is 123 cm³/mol. The average Bonchev–Trinajstić information content (AvgIpc) is 3.42. The van der Waals surface area contributed by atoms with Gasteiger partial charge in [-0.2, -0.15) is 0 Å². The lowest BCUT2D eigenvalue weighted by molar-refractivity contribution is -0.127. The Hall–Kier alpha value is -3.48. The third kappa shape index (κ3) is 5.41. The smallest absolute Gasteiger partial charge is 0.290 e. The van der Waals surface area contributed by atoms with Crippen LogP contribution in [-0.4, -0.2) is 51.1 Å². The molecule has 0 radical (unpaired) electrons. The normalized spacial score (nSPS) is 13.5. The van der Waals surface area contributed by atoms with E-state index in [9.17, 15) is 9.59 Å². The molecule has 1 saturated heterocycles. The molecule has 0 aliphatic carbocycles. The van der Waals surface area contributed by atoms with Crippen LogP contribution in [0.15, 0.2) is 54.6 Å². The molecule has 0 spiro atoms. The second-order valence-electron chi connectivity index (χ2n) is 8.18. The molecule has 1 N–H and O–H groups in total. The maximum atomic E-state index is 12.7. The molecule has 0 atom stereocenters. The Morgan fingerprint density at radius 2 is 1.94 bits per heavy atom. The Morgan fingerprint density at radius 1 is 1.09 bits per heavy atom. The molecule has 0 unspecified atom stereocenters. The number of likely N-dealkylation sites (tertiary alicyclic amines) is 1. The van der Waals surface area contributed by atoms with Crippen LogP contribution >= 0.6 is 0 Å². The Morgan fingerprint density at radius 3 is 2.69 bits per heavy atom. The van der Waals surface area contributed by atoms with E-state index in [0.29, 0.717) is 25.9 Å². The molecular weight excluding hydrogens is 402 g/mol. The first kappa shape index (κ1) is 21.7. The predicted octanol–water partition coefficient (Wildman–Crippen LogP) is 3.10. The molecule has 0 bridgehead atoms. The standard InChI is InChI=1S/C25H29N5O2/c1-19-8-5-11-21(18-19)30-22(14-13-20-9-3-2-4-10-20)27-24(28-30)25(32)26-15-7-17-29-16-6-12-23(29)31/h2-5,8-11,18H,6-7,12-17H2,1H3,(H,26,32). The molecule has 32 heavy (non-hydrogen) atoms. The summed E-state index contributed by atoms with van der Waals surface area (Å²) in [7, 11) is 0. The molecule has 2 amide bonds. The summed E-state index contributed by atoms with van der Waals surface area (Å²) in [5.74, 6) is 0.849. The molecule has 4 rings (SSSR count). The van der Waals surface area contributed by atoms with Crippen molar-refractivity contribution >= 4 is 11.8 Å². The summed E-state index contributed by atoms with van der Waals surface area (Å²) in [6.45, 7) is 4.01. The lowest BCUT2D eigenvalue weighted by Crippen LogP contribution is -2.31. The number of carbonyl (C=O) groups excluding carboxylic acids is 2. The first-order valence-electron chi connectivity index (χ1n) is 11.2. The van der Waals surface area contributed by atoms with Crippen molar-refractivity contribution < 1.29 is 9.59 Å². The molecule has 3 aromatic rings. The van der Waals surface area contributed by atoms with Crippen LogP contribution < -0.4 is 5.32 Å². The van der Waals surface area contributed by atoms with Crippen LogP contribution in [-0.2, 0) is 17.6 Å². The molecule has 1 fully saturated rings. The summed E-state index contributed by atoms with van der Waals surface area (Å²) in [6, 6.07) is 18.2. The van der Waals surface area contributed by atoms with Gasteiger partial charge in [-0.05, 0) is 49.4 Å². The van der Waals surface area contributed by atoms with E-state index in [1.807, 2.05) is 54.3 Å². The summed E-state index contributed by atoms with van der Waals surface area (Å²) in [5, 5.41) is 7.43. The summed E-state index contributed by atoms with van der Waals surface area (Å²) in [6.07, 6.45) is 3.78. The minimum atomic E-state index is -0.287. The minimum absolute atomic E-state index is 0.173. The van der Waals surface area contributed by atoms with Crippen molar-refractivity contribution in [3.05, 3.63) is 77.4 Å². The Kier molecular flexibility index (Phi) is 6.94. The fraction of sp³-hybridized carbons (Fsp3) is 0.360. The van der Waals surface area contributed by atoms with Gasteiger partial charge in [-0.15, -0.1) is 5.10 Å². The molecule has 2 aromatic carbocycles. The summed E-state index contributed by atoms with van der Waals surface area (Å²) in [5.41, 5.74) is 3.23. The Bertz CT molecular complexity index is 1080. The van der Waals surface area contributed by atoms with Crippen molar-refractivity contribution in [2.75, 3.05) is 19.6 Å². The number of carbonyl (C=O) groups is 2. The number of benzene rings is 2. The van der Waals surface area contributed by atoms with Crippen molar-refractivity contribution in [2.45, 2.75) is 39.0 Å². The van der Waals surface area contributed by atoms with Gasteiger partial charge >= 0.3 is 0 Å². The van der Waals surface area contributed by atoms with Crippen molar-refractivity contribution in [3.63, 3.8) is 0 Å². The number of rotatable bonds is 9. The van der Waals surface area contributed by atoms with Crippen LogP contribution in [0.25, 0.3) is 5.69 Å². The quantitative estimate of drug-likeness (QED) is 0.528. The number of nitrogens with one attached hydrogen (secondary N) is 1. The molecule has 1 aliphatic rings. The number of hydrogen-bond donors (Lipinski definition) is 1. The van der Waals surface area contributed by atoms with E-state index >= 15 is 0 Å². The van der Waals surface area contributed by atoms with Crippen LogP contribution in [0.4, 0.5) is 0 Å². The maximum Gasteiger partial charge on any atom is 0.290 e. The molecule has 7 heteroatoms. The third-order valence-corrected chi connectivity index (χ3v) is 5.67. The van der Waals surface area contributed by atoms with E-state index in [1.165, 1.54) is 5.56 Å². The van der Waals surface area contributed by atoms with Gasteiger partial charge in [-0.1, -0.05) is 42.5 Å². The van der Waals surface area contributed by atoms with Gasteiger partial charge in [0.05, 0.1) is 5.69 Å². The monoisotopic (exact) mass is 431 g/mol. The molecule has 1 aliphatic heterocycles. The topological polar surface area (TPSA) is 80.1 Å². The fourth-order valence-corrected chi connectivity index (χ4v) is 3.96. The second-order valence-corrected chi connectivity index (χ2v) is 8.18. The highest BCUT2D eigenvalue weighted by atomic mass is 16.2. The zero-order valence-electron chi connectivity index (χ0n) is 18.5. The third-order valence-electron chi connectivity index (χ3n) is 5.67. The number of nitrogens with zero attached hydrogens (tertiary/aromatic N) is 4. The first-order valence-corrected chi connectivity index (χ1v) is 11.2. The largest absolute Gasteiger partial charge is 0.349 e. The van der Waals surface area contributed by atoms with Gasteiger partial charge in [0.25, 0.3) is 5.91 Å². The number of aromatic nitrogens is 3. The minimum Gasteiger partial charge on any atom is -0.349 e. The summed E-state index contributed by atoms with van der Waals surface area (Å²) < 4.78 is 1.77. The molecule has 2 heterocycles. The van der Waals surface area contributed by atoms with Gasteiger partial charge < -0.3 is 10.2 Å². The van der Waals surface area contributed by atoms with Crippen molar-refractivity contribution in [1.29, 1.82) is 0 Å². The summed E-state index contributed by atoms with van der Waals surface area (Å²) in [4.78, 5) is 30.9. The van der Waals surface area contributed by atoms with Crippen LogP contribution in [0.1, 0.15) is 46.8 Å². The Labute approximate surface area is 188 Å². The van der Waals surface area contributed by atoms with Crippen LogP contribution in [0.2, 0.25) is 0 Å². The number of aryl methyl sites for hydroxylation is 3. The van der Waals surface area contributed by atoms with Crippen LogP contribution in [0.3, 0.4) is 0 Å². The van der Waals surface area contributed by atoms with Crippen molar-refractivity contribution in [2.24, 2.45) is 0 Å². The number of hydrogen-bond acceptors (Lipinski definition) is 4. The lowest BCUT2D eigenvalue weighted by Gasteiger charge is -2.14. The maximum absolute atomic E-state index is 12.7. The highest BCUT2D eigenvalue weighted by Crippen LogP contribution is 2.15. The molecular formula is C25H29N5O2. The number of amides is 2. The van der Waals surface area contributed by atoms with Gasteiger partial charge in [0, 0.05) is 32.5 Å². The Balaban J connectivity index is 1.44. The van der Waals surface area contributed by atoms with Gasteiger partial charge in [0.15, 0.2) is 0 Å². The highest BCUT2D eigenvalue weighted by Gasteiger charge is 2.20. The van der Waals surface area contributed by atoms with Gasteiger partial charge in [0.2, 0.25) is 11.7 Å². The van der Waals surface area contributed by atoms with Crippen LogP contribution in [0, 0.1) is 6.92 Å². The van der Waals surface area contributed by atoms with E-state index in [0.717, 1.165) is 42.9 Å². The van der Waals surface area contributed by atoms with Crippen LogP contribution in [0.5, 0.6) is 0 Å². The van der Waals surface area contributed by atoms with E-state index < -0.39 is 0 Å². The first-order chi connectivity index (χ1) is 15.6. The van der Waals surface area contributed by atoms with E-state index in [4.69, 9.17) is 0 Å². The van der Waals surface area contributed by atoms with Gasteiger partial charge in [-0.25, -0.2) is 9.67 Å². The molecule has 0 saturated carbocycles. The van der Waals surface area contributed by atoms with E-state index in [2.05, 4.69) is 27.5 Å². The van der Waals surface area contributed by atoms with Crippen molar-refractivity contribution in [3.8, 4) is 5.69 Å². The summed E-state index contributed by atoms with van der Waals surface area (Å²) >= 11 is 0. The van der Waals surface area contributed by atoms with Gasteiger partial charge in [-0.3, -0.25) is 9.59 Å². The second kappa shape index (κ2) is 10.2. The zero-order chi connectivity index (χ0) is 22.3.